The Balaban J connectivity index is 1.80. The summed E-state index contributed by atoms with van der Waals surface area (Å²) in [4.78, 5) is 12.4. The number of aromatic hydroxyl groups is 2. The van der Waals surface area contributed by atoms with E-state index in [9.17, 15) is 15.0 Å². The Hall–Kier alpha value is -1.51. The molecule has 0 heterocycles. The standard InChI is InChI=1S/C19H24O3/c1-10-9-13-11(12-3-5-15(20)18(22)17(10)12)7-8-19(2)14(13)4-6-16(19)21/h3,5,10-11,13-14,20,22H,4,6-9H2,1-2H3. The van der Waals surface area contributed by atoms with E-state index in [4.69, 9.17) is 0 Å². The second-order valence-electron chi connectivity index (χ2n) is 7.87. The van der Waals surface area contributed by atoms with E-state index in [1.807, 2.05) is 6.07 Å². The first-order valence-corrected chi connectivity index (χ1v) is 8.51. The molecule has 2 fully saturated rings. The Morgan fingerprint density at radius 1 is 1.23 bits per heavy atom. The zero-order chi connectivity index (χ0) is 15.6. The Morgan fingerprint density at radius 2 is 2.00 bits per heavy atom. The van der Waals surface area contributed by atoms with Crippen LogP contribution in [0.25, 0.3) is 0 Å². The predicted octanol–water partition coefficient (Wildman–Crippen LogP) is 4.08. The minimum Gasteiger partial charge on any atom is -0.504 e. The van der Waals surface area contributed by atoms with Crippen molar-refractivity contribution >= 4 is 5.78 Å². The van der Waals surface area contributed by atoms with Crippen molar-refractivity contribution in [3.05, 3.63) is 23.3 Å². The molecule has 3 nitrogen and oxygen atoms in total. The minimum atomic E-state index is -0.114. The van der Waals surface area contributed by atoms with Gasteiger partial charge in [-0.25, -0.2) is 0 Å². The van der Waals surface area contributed by atoms with Gasteiger partial charge in [-0.05, 0) is 61.0 Å². The fourth-order valence-electron chi connectivity index (χ4n) is 5.75. The van der Waals surface area contributed by atoms with E-state index >= 15 is 0 Å². The topological polar surface area (TPSA) is 57.5 Å². The van der Waals surface area contributed by atoms with Crippen molar-refractivity contribution in [2.75, 3.05) is 0 Å². The maximum absolute atomic E-state index is 12.4. The first-order valence-electron chi connectivity index (χ1n) is 8.51. The molecule has 1 aromatic carbocycles. The molecule has 22 heavy (non-hydrogen) atoms. The van der Waals surface area contributed by atoms with E-state index in [0.717, 1.165) is 37.7 Å². The van der Waals surface area contributed by atoms with E-state index in [0.29, 0.717) is 23.5 Å². The summed E-state index contributed by atoms with van der Waals surface area (Å²) in [7, 11) is 0. The summed E-state index contributed by atoms with van der Waals surface area (Å²) in [6.07, 6.45) is 4.78. The molecule has 4 rings (SSSR count). The third kappa shape index (κ3) is 1.65. The fourth-order valence-corrected chi connectivity index (χ4v) is 5.75. The molecule has 2 N–H and O–H groups in total. The van der Waals surface area contributed by atoms with Crippen LogP contribution in [0.4, 0.5) is 0 Å². The average Bonchev–Trinajstić information content (AvgIpc) is 2.79. The summed E-state index contributed by atoms with van der Waals surface area (Å²) in [6.45, 7) is 4.31. The highest BCUT2D eigenvalue weighted by Crippen LogP contribution is 2.62. The number of hydrogen-bond acceptors (Lipinski definition) is 3. The summed E-state index contributed by atoms with van der Waals surface area (Å²) >= 11 is 0. The third-order valence-electron chi connectivity index (χ3n) is 6.89. The van der Waals surface area contributed by atoms with Gasteiger partial charge >= 0.3 is 0 Å². The predicted molar refractivity (Wildman–Crippen MR) is 84.1 cm³/mol. The summed E-state index contributed by atoms with van der Waals surface area (Å²) in [5.41, 5.74) is 2.03. The van der Waals surface area contributed by atoms with E-state index in [-0.39, 0.29) is 22.8 Å². The van der Waals surface area contributed by atoms with Gasteiger partial charge in [-0.15, -0.1) is 0 Å². The number of benzene rings is 1. The Kier molecular flexibility index (Phi) is 2.88. The molecule has 2 saturated carbocycles. The van der Waals surface area contributed by atoms with Crippen molar-refractivity contribution < 1.29 is 15.0 Å². The van der Waals surface area contributed by atoms with Gasteiger partial charge in [0.05, 0.1) is 0 Å². The lowest BCUT2D eigenvalue weighted by atomic mass is 9.54. The molecule has 0 bridgehead atoms. The normalized spacial score (nSPS) is 40.0. The van der Waals surface area contributed by atoms with E-state index in [2.05, 4.69) is 13.8 Å². The minimum absolute atomic E-state index is 0.0132. The zero-order valence-electron chi connectivity index (χ0n) is 13.3. The van der Waals surface area contributed by atoms with Crippen LogP contribution in [0.15, 0.2) is 12.1 Å². The van der Waals surface area contributed by atoms with Gasteiger partial charge in [0.2, 0.25) is 0 Å². The second-order valence-corrected chi connectivity index (χ2v) is 7.87. The number of phenolic OH excluding ortho intramolecular Hbond substituents is 2. The fraction of sp³-hybridized carbons (Fsp3) is 0.632. The van der Waals surface area contributed by atoms with E-state index < -0.39 is 0 Å². The number of phenols is 2. The van der Waals surface area contributed by atoms with Crippen molar-refractivity contribution in [3.8, 4) is 11.5 Å². The number of fused-ring (bicyclic) bond motifs is 5. The second kappa shape index (κ2) is 4.50. The summed E-state index contributed by atoms with van der Waals surface area (Å²) < 4.78 is 0. The van der Waals surface area contributed by atoms with Crippen LogP contribution in [0.1, 0.15) is 68.9 Å². The highest BCUT2D eigenvalue weighted by molar-refractivity contribution is 5.87. The molecule has 118 valence electrons. The van der Waals surface area contributed by atoms with Crippen molar-refractivity contribution in [2.45, 2.75) is 57.8 Å². The molecule has 3 heteroatoms. The molecule has 3 aliphatic rings. The van der Waals surface area contributed by atoms with Gasteiger partial charge in [0.25, 0.3) is 0 Å². The molecular formula is C19H24O3. The molecule has 5 atom stereocenters. The first kappa shape index (κ1) is 14.1. The van der Waals surface area contributed by atoms with Crippen LogP contribution in [0.2, 0.25) is 0 Å². The van der Waals surface area contributed by atoms with Crippen LogP contribution in [-0.2, 0) is 4.79 Å². The van der Waals surface area contributed by atoms with Gasteiger partial charge in [0, 0.05) is 17.4 Å². The number of hydrogen-bond donors (Lipinski definition) is 2. The molecule has 5 unspecified atom stereocenters. The molecule has 1 aromatic rings. The van der Waals surface area contributed by atoms with Crippen LogP contribution in [0, 0.1) is 17.3 Å². The quantitative estimate of drug-likeness (QED) is 0.710. The number of rotatable bonds is 0. The van der Waals surface area contributed by atoms with Crippen molar-refractivity contribution in [3.63, 3.8) is 0 Å². The number of carbonyl (C=O) groups is 1. The van der Waals surface area contributed by atoms with Crippen LogP contribution in [0.5, 0.6) is 11.5 Å². The van der Waals surface area contributed by atoms with Crippen LogP contribution >= 0.6 is 0 Å². The van der Waals surface area contributed by atoms with E-state index in [1.165, 1.54) is 5.56 Å². The molecule has 0 amide bonds. The number of Topliss-reactive ketones (excluding diaryl/α,β-unsaturated/α-hetero) is 1. The smallest absolute Gasteiger partial charge is 0.161 e. The maximum atomic E-state index is 12.4. The van der Waals surface area contributed by atoms with Crippen molar-refractivity contribution in [2.24, 2.45) is 17.3 Å². The average molecular weight is 300 g/mol. The number of ketones is 1. The lowest BCUT2D eigenvalue weighted by Gasteiger charge is -2.49. The van der Waals surface area contributed by atoms with E-state index in [1.54, 1.807) is 6.07 Å². The van der Waals surface area contributed by atoms with Crippen molar-refractivity contribution in [1.29, 1.82) is 0 Å². The van der Waals surface area contributed by atoms with Gasteiger partial charge < -0.3 is 10.2 Å². The molecule has 0 spiro atoms. The third-order valence-corrected chi connectivity index (χ3v) is 6.89. The molecule has 0 aromatic heterocycles. The van der Waals surface area contributed by atoms with Crippen LogP contribution in [-0.4, -0.2) is 16.0 Å². The Bertz CT molecular complexity index is 650. The van der Waals surface area contributed by atoms with Crippen LogP contribution in [0.3, 0.4) is 0 Å². The SMILES string of the molecule is CC1CC2C(CCC3(C)C(=O)CCC23)c2ccc(O)c(O)c21. The van der Waals surface area contributed by atoms with Crippen LogP contribution < -0.4 is 0 Å². The van der Waals surface area contributed by atoms with Gasteiger partial charge in [-0.2, -0.15) is 0 Å². The Labute approximate surface area is 131 Å². The summed E-state index contributed by atoms with van der Waals surface area (Å²) in [5.74, 6) is 2.22. The van der Waals surface area contributed by atoms with Gasteiger partial charge in [0.1, 0.15) is 5.78 Å². The highest BCUT2D eigenvalue weighted by Gasteiger charge is 2.55. The molecule has 0 saturated heterocycles. The van der Waals surface area contributed by atoms with Crippen molar-refractivity contribution in [1.82, 2.24) is 0 Å². The molecule has 3 aliphatic carbocycles. The summed E-state index contributed by atoms with van der Waals surface area (Å²) in [6, 6.07) is 3.62. The Morgan fingerprint density at radius 3 is 2.77 bits per heavy atom. The maximum Gasteiger partial charge on any atom is 0.161 e. The highest BCUT2D eigenvalue weighted by atomic mass is 16.3. The molecule has 0 radical (unpaired) electrons. The molecular weight excluding hydrogens is 276 g/mol. The monoisotopic (exact) mass is 300 g/mol. The van der Waals surface area contributed by atoms with Gasteiger partial charge in [-0.1, -0.05) is 19.9 Å². The lowest BCUT2D eigenvalue weighted by Crippen LogP contribution is -2.42. The zero-order valence-corrected chi connectivity index (χ0v) is 13.3. The summed E-state index contributed by atoms with van der Waals surface area (Å²) in [5, 5.41) is 20.1. The molecule has 0 aliphatic heterocycles. The van der Waals surface area contributed by atoms with Gasteiger partial charge in [-0.3, -0.25) is 4.79 Å². The largest absolute Gasteiger partial charge is 0.504 e. The lowest BCUT2D eigenvalue weighted by molar-refractivity contribution is -0.129. The number of carbonyl (C=O) groups excluding carboxylic acids is 1. The first-order chi connectivity index (χ1) is 10.4. The van der Waals surface area contributed by atoms with Gasteiger partial charge in [0.15, 0.2) is 11.5 Å².